The predicted molar refractivity (Wildman–Crippen MR) is 49.0 cm³/mol. The molecule has 0 aromatic rings. The van der Waals surface area contributed by atoms with E-state index in [9.17, 15) is 4.79 Å². The van der Waals surface area contributed by atoms with Crippen molar-refractivity contribution in [2.75, 3.05) is 6.54 Å². The maximum Gasteiger partial charge on any atom is 0.315 e. The number of carbonyl (C=O) groups excluding carboxylic acids is 1. The van der Waals surface area contributed by atoms with Gasteiger partial charge in [0.25, 0.3) is 0 Å². The molecule has 72 valence electrons. The summed E-state index contributed by atoms with van der Waals surface area (Å²) in [6.07, 6.45) is 2.16. The topological polar surface area (TPSA) is 64.9 Å². The van der Waals surface area contributed by atoms with Gasteiger partial charge in [-0.25, -0.2) is 4.79 Å². The summed E-state index contributed by atoms with van der Waals surface area (Å²) in [7, 11) is 0. The van der Waals surface area contributed by atoms with Crippen molar-refractivity contribution in [1.29, 1.82) is 5.26 Å². The molecule has 0 aromatic carbocycles. The van der Waals surface area contributed by atoms with Gasteiger partial charge in [0.15, 0.2) is 0 Å². The smallest absolute Gasteiger partial charge is 0.315 e. The summed E-state index contributed by atoms with van der Waals surface area (Å²) in [5, 5.41) is 14.1. The van der Waals surface area contributed by atoms with E-state index in [1.807, 2.05) is 0 Å². The predicted octanol–water partition coefficient (Wildman–Crippen LogP) is 0.998. The monoisotopic (exact) mass is 181 g/mol. The Hall–Kier alpha value is -1.24. The molecule has 0 atom stereocenters. The van der Waals surface area contributed by atoms with Crippen molar-refractivity contribution >= 4 is 6.03 Å². The van der Waals surface area contributed by atoms with E-state index in [0.29, 0.717) is 12.6 Å². The summed E-state index contributed by atoms with van der Waals surface area (Å²) in [6.45, 7) is 3.98. The highest BCUT2D eigenvalue weighted by atomic mass is 16.2. The molecule has 1 rings (SSSR count). The fraction of sp³-hybridized carbons (Fsp3) is 0.778. The van der Waals surface area contributed by atoms with E-state index in [-0.39, 0.29) is 6.03 Å². The Bertz CT molecular complexity index is 238. The molecule has 0 aliphatic heterocycles. The molecular weight excluding hydrogens is 166 g/mol. The Morgan fingerprint density at radius 1 is 1.62 bits per heavy atom. The zero-order valence-corrected chi connectivity index (χ0v) is 8.05. The van der Waals surface area contributed by atoms with Crippen LogP contribution in [0.15, 0.2) is 0 Å². The Labute approximate surface area is 78.3 Å². The summed E-state index contributed by atoms with van der Waals surface area (Å²) < 4.78 is 0. The molecule has 4 heteroatoms. The lowest BCUT2D eigenvalue weighted by Gasteiger charge is -2.15. The van der Waals surface area contributed by atoms with Crippen LogP contribution in [-0.2, 0) is 0 Å². The number of rotatable bonds is 3. The van der Waals surface area contributed by atoms with Gasteiger partial charge in [0, 0.05) is 12.6 Å². The van der Waals surface area contributed by atoms with Gasteiger partial charge in [-0.1, -0.05) is 0 Å². The summed E-state index contributed by atoms with van der Waals surface area (Å²) in [4.78, 5) is 11.1. The van der Waals surface area contributed by atoms with E-state index in [1.165, 1.54) is 0 Å². The Morgan fingerprint density at radius 3 is 2.69 bits per heavy atom. The standard InChI is InChI=1S/C9H15N3O/c1-9(2,5-10)6-11-8(13)12-7-3-4-7/h7H,3-4,6H2,1-2H3,(H2,11,12,13). The lowest BCUT2D eigenvalue weighted by atomic mass is 9.96. The second kappa shape index (κ2) is 3.65. The molecule has 2 N–H and O–H groups in total. The Kier molecular flexibility index (Phi) is 2.76. The highest BCUT2D eigenvalue weighted by Gasteiger charge is 2.24. The summed E-state index contributed by atoms with van der Waals surface area (Å²) >= 11 is 0. The molecule has 0 aromatic heterocycles. The molecule has 1 aliphatic rings. The van der Waals surface area contributed by atoms with Gasteiger partial charge in [0.05, 0.1) is 11.5 Å². The van der Waals surface area contributed by atoms with E-state index in [4.69, 9.17) is 5.26 Å². The average Bonchev–Trinajstić information content (AvgIpc) is 2.85. The van der Waals surface area contributed by atoms with Crippen molar-refractivity contribution in [2.24, 2.45) is 5.41 Å². The van der Waals surface area contributed by atoms with Crippen molar-refractivity contribution in [3.63, 3.8) is 0 Å². The van der Waals surface area contributed by atoms with E-state index in [2.05, 4.69) is 16.7 Å². The molecule has 0 unspecified atom stereocenters. The molecule has 0 spiro atoms. The van der Waals surface area contributed by atoms with Crippen LogP contribution in [0.4, 0.5) is 4.79 Å². The molecule has 4 nitrogen and oxygen atoms in total. The number of carbonyl (C=O) groups is 1. The summed E-state index contributed by atoms with van der Waals surface area (Å²) in [6, 6.07) is 2.33. The van der Waals surface area contributed by atoms with Crippen LogP contribution in [0.1, 0.15) is 26.7 Å². The van der Waals surface area contributed by atoms with Crippen molar-refractivity contribution in [2.45, 2.75) is 32.7 Å². The Morgan fingerprint density at radius 2 is 2.23 bits per heavy atom. The molecule has 1 fully saturated rings. The van der Waals surface area contributed by atoms with E-state index in [1.54, 1.807) is 13.8 Å². The van der Waals surface area contributed by atoms with E-state index in [0.717, 1.165) is 12.8 Å². The van der Waals surface area contributed by atoms with Gasteiger partial charge in [-0.15, -0.1) is 0 Å². The normalized spacial score (nSPS) is 16.1. The first-order valence-electron chi connectivity index (χ1n) is 4.49. The third-order valence-electron chi connectivity index (χ3n) is 1.91. The molecule has 2 amide bonds. The molecular formula is C9H15N3O. The van der Waals surface area contributed by atoms with Gasteiger partial charge in [-0.3, -0.25) is 0 Å². The number of nitriles is 1. The third-order valence-corrected chi connectivity index (χ3v) is 1.91. The minimum absolute atomic E-state index is 0.161. The number of nitrogens with one attached hydrogen (secondary N) is 2. The highest BCUT2D eigenvalue weighted by Crippen LogP contribution is 2.18. The molecule has 13 heavy (non-hydrogen) atoms. The fourth-order valence-corrected chi connectivity index (χ4v) is 0.805. The molecule has 0 heterocycles. The van der Waals surface area contributed by atoms with Crippen LogP contribution < -0.4 is 10.6 Å². The number of amides is 2. The summed E-state index contributed by atoms with van der Waals surface area (Å²) in [5.74, 6) is 0. The van der Waals surface area contributed by atoms with Gasteiger partial charge < -0.3 is 10.6 Å². The highest BCUT2D eigenvalue weighted by molar-refractivity contribution is 5.74. The minimum Gasteiger partial charge on any atom is -0.337 e. The van der Waals surface area contributed by atoms with Crippen LogP contribution in [0.2, 0.25) is 0 Å². The molecule has 1 aliphatic carbocycles. The number of urea groups is 1. The first kappa shape index (κ1) is 9.85. The number of nitrogens with zero attached hydrogens (tertiary/aromatic N) is 1. The average molecular weight is 181 g/mol. The van der Waals surface area contributed by atoms with E-state index < -0.39 is 5.41 Å². The van der Waals surface area contributed by atoms with Crippen LogP contribution in [0.3, 0.4) is 0 Å². The fourth-order valence-electron chi connectivity index (χ4n) is 0.805. The first-order valence-corrected chi connectivity index (χ1v) is 4.49. The van der Waals surface area contributed by atoms with Crippen LogP contribution in [0.25, 0.3) is 0 Å². The van der Waals surface area contributed by atoms with Crippen LogP contribution in [-0.4, -0.2) is 18.6 Å². The quantitative estimate of drug-likeness (QED) is 0.682. The van der Waals surface area contributed by atoms with Crippen LogP contribution in [0, 0.1) is 16.7 Å². The van der Waals surface area contributed by atoms with Gasteiger partial charge in [-0.2, -0.15) is 5.26 Å². The van der Waals surface area contributed by atoms with Crippen molar-refractivity contribution in [3.8, 4) is 6.07 Å². The SMILES string of the molecule is CC(C)(C#N)CNC(=O)NC1CC1. The maximum absolute atomic E-state index is 11.1. The lowest BCUT2D eigenvalue weighted by Crippen LogP contribution is -2.41. The second-order valence-corrected chi connectivity index (χ2v) is 4.10. The van der Waals surface area contributed by atoms with Gasteiger partial charge in [0.1, 0.15) is 0 Å². The number of hydrogen-bond donors (Lipinski definition) is 2. The molecule has 1 saturated carbocycles. The Balaban J connectivity index is 2.17. The van der Waals surface area contributed by atoms with Crippen LogP contribution >= 0.6 is 0 Å². The van der Waals surface area contributed by atoms with Gasteiger partial charge in [-0.05, 0) is 26.7 Å². The third kappa shape index (κ3) is 3.79. The van der Waals surface area contributed by atoms with Crippen LogP contribution in [0.5, 0.6) is 0 Å². The largest absolute Gasteiger partial charge is 0.337 e. The zero-order valence-electron chi connectivity index (χ0n) is 8.05. The molecule has 0 radical (unpaired) electrons. The molecule has 0 bridgehead atoms. The van der Waals surface area contributed by atoms with Gasteiger partial charge in [0.2, 0.25) is 0 Å². The van der Waals surface area contributed by atoms with E-state index >= 15 is 0 Å². The molecule has 0 saturated heterocycles. The van der Waals surface area contributed by atoms with Crippen molar-refractivity contribution in [3.05, 3.63) is 0 Å². The zero-order chi connectivity index (χ0) is 9.90. The minimum atomic E-state index is -0.485. The first-order chi connectivity index (χ1) is 6.03. The lowest BCUT2D eigenvalue weighted by molar-refractivity contribution is 0.237. The van der Waals surface area contributed by atoms with Gasteiger partial charge >= 0.3 is 6.03 Å². The number of hydrogen-bond acceptors (Lipinski definition) is 2. The van der Waals surface area contributed by atoms with Crippen molar-refractivity contribution in [1.82, 2.24) is 10.6 Å². The maximum atomic E-state index is 11.1. The van der Waals surface area contributed by atoms with Crippen molar-refractivity contribution < 1.29 is 4.79 Å². The second-order valence-electron chi connectivity index (χ2n) is 4.10. The summed E-state index contributed by atoms with van der Waals surface area (Å²) in [5.41, 5.74) is -0.485.